The predicted molar refractivity (Wildman–Crippen MR) is 118 cm³/mol. The first kappa shape index (κ1) is 19.7. The highest BCUT2D eigenvalue weighted by molar-refractivity contribution is 7.87. The van der Waals surface area contributed by atoms with Gasteiger partial charge < -0.3 is 8.92 Å². The zero-order valence-electron chi connectivity index (χ0n) is 16.2. The van der Waals surface area contributed by atoms with Crippen LogP contribution in [0.15, 0.2) is 101 Å². The molecule has 30 heavy (non-hydrogen) atoms. The number of aliphatic imine (C=N–C) groups is 1. The number of nitrogens with zero attached hydrogens (tertiary/aromatic N) is 1. The summed E-state index contributed by atoms with van der Waals surface area (Å²) in [5, 5.41) is 1.80. The van der Waals surface area contributed by atoms with E-state index in [9.17, 15) is 8.42 Å². The second kappa shape index (κ2) is 8.39. The molecule has 5 nitrogen and oxygen atoms in total. The van der Waals surface area contributed by atoms with E-state index in [0.717, 1.165) is 16.5 Å². The highest BCUT2D eigenvalue weighted by Gasteiger charge is 2.19. The monoisotopic (exact) mass is 417 g/mol. The van der Waals surface area contributed by atoms with Crippen LogP contribution in [0.25, 0.3) is 10.8 Å². The van der Waals surface area contributed by atoms with E-state index in [4.69, 9.17) is 8.92 Å². The summed E-state index contributed by atoms with van der Waals surface area (Å²) >= 11 is 0. The van der Waals surface area contributed by atoms with Crippen molar-refractivity contribution >= 4 is 32.8 Å². The number of fused-ring (bicyclic) bond motifs is 1. The number of benzene rings is 4. The lowest BCUT2D eigenvalue weighted by Crippen LogP contribution is -2.11. The van der Waals surface area contributed by atoms with Crippen LogP contribution in [0.2, 0.25) is 0 Å². The highest BCUT2D eigenvalue weighted by atomic mass is 32.2. The quantitative estimate of drug-likeness (QED) is 0.313. The summed E-state index contributed by atoms with van der Waals surface area (Å²) in [7, 11) is -2.37. The Balaban J connectivity index is 1.77. The van der Waals surface area contributed by atoms with Crippen LogP contribution >= 0.6 is 0 Å². The molecule has 0 unspecified atom stereocenters. The fraction of sp³-hybridized carbons (Fsp3) is 0.0417. The maximum absolute atomic E-state index is 12.8. The fourth-order valence-electron chi connectivity index (χ4n) is 3.04. The summed E-state index contributed by atoms with van der Waals surface area (Å²) in [6.45, 7) is 0. The summed E-state index contributed by atoms with van der Waals surface area (Å²) in [4.78, 5) is 4.60. The average Bonchev–Trinajstić information content (AvgIpc) is 2.79. The van der Waals surface area contributed by atoms with Gasteiger partial charge in [0.1, 0.15) is 10.6 Å². The standard InChI is InChI=1S/C24H19NO4S/c1-28-20-14-12-19(13-15-20)25-17-23-22-10-6-5-7-18(22)11-16-24(23)29-30(26,27)21-8-3-2-4-9-21/h2-17H,1H3. The number of ether oxygens (including phenoxy) is 1. The summed E-state index contributed by atoms with van der Waals surface area (Å²) in [5.74, 6) is 0.951. The summed E-state index contributed by atoms with van der Waals surface area (Å²) < 4.78 is 36.2. The molecule has 0 atom stereocenters. The van der Waals surface area contributed by atoms with Crippen molar-refractivity contribution in [3.05, 3.63) is 96.6 Å². The van der Waals surface area contributed by atoms with Crippen LogP contribution in [0, 0.1) is 0 Å². The van der Waals surface area contributed by atoms with Crippen molar-refractivity contribution in [3.63, 3.8) is 0 Å². The van der Waals surface area contributed by atoms with Gasteiger partial charge in [0.05, 0.1) is 12.8 Å². The van der Waals surface area contributed by atoms with E-state index < -0.39 is 10.1 Å². The zero-order valence-corrected chi connectivity index (χ0v) is 17.0. The summed E-state index contributed by atoms with van der Waals surface area (Å²) in [6, 6.07) is 26.5. The Hall–Kier alpha value is -3.64. The minimum atomic E-state index is -3.97. The van der Waals surface area contributed by atoms with E-state index in [0.29, 0.717) is 11.3 Å². The van der Waals surface area contributed by atoms with Crippen molar-refractivity contribution in [2.75, 3.05) is 7.11 Å². The van der Waals surface area contributed by atoms with Crippen LogP contribution in [0.3, 0.4) is 0 Å². The molecule has 150 valence electrons. The molecule has 4 rings (SSSR count). The lowest BCUT2D eigenvalue weighted by molar-refractivity contribution is 0.415. The zero-order chi connectivity index (χ0) is 21.0. The molecule has 0 aliphatic rings. The van der Waals surface area contributed by atoms with Gasteiger partial charge in [0.2, 0.25) is 0 Å². The molecule has 0 fully saturated rings. The second-order valence-electron chi connectivity index (χ2n) is 6.51. The molecule has 0 aliphatic carbocycles. The molecule has 6 heteroatoms. The van der Waals surface area contributed by atoms with Crippen molar-refractivity contribution in [1.82, 2.24) is 0 Å². The smallest absolute Gasteiger partial charge is 0.339 e. The van der Waals surface area contributed by atoms with Crippen LogP contribution in [0.5, 0.6) is 11.5 Å². The van der Waals surface area contributed by atoms with Gasteiger partial charge in [0.25, 0.3) is 0 Å². The fourth-order valence-corrected chi connectivity index (χ4v) is 4.01. The first-order valence-corrected chi connectivity index (χ1v) is 10.7. The Kier molecular flexibility index (Phi) is 5.50. The third-order valence-corrected chi connectivity index (χ3v) is 5.83. The van der Waals surface area contributed by atoms with Gasteiger partial charge >= 0.3 is 10.1 Å². The number of rotatable bonds is 6. The van der Waals surface area contributed by atoms with Crippen molar-refractivity contribution in [1.29, 1.82) is 0 Å². The molecule has 0 spiro atoms. The van der Waals surface area contributed by atoms with Crippen LogP contribution in [0.4, 0.5) is 5.69 Å². The molecule has 4 aromatic carbocycles. The Morgan fingerprint density at radius 3 is 2.23 bits per heavy atom. The molecule has 0 saturated carbocycles. The normalized spacial score (nSPS) is 11.6. The Labute approximate surface area is 175 Å². The topological polar surface area (TPSA) is 65.0 Å². The molecule has 4 aromatic rings. The number of hydrogen-bond acceptors (Lipinski definition) is 5. The highest BCUT2D eigenvalue weighted by Crippen LogP contribution is 2.30. The molecule has 0 amide bonds. The number of hydrogen-bond donors (Lipinski definition) is 0. The van der Waals surface area contributed by atoms with Crippen molar-refractivity contribution in [3.8, 4) is 11.5 Å². The van der Waals surface area contributed by atoms with Crippen LogP contribution in [0.1, 0.15) is 5.56 Å². The molecule has 0 heterocycles. The average molecular weight is 417 g/mol. The van der Waals surface area contributed by atoms with Gasteiger partial charge in [-0.1, -0.05) is 48.5 Å². The van der Waals surface area contributed by atoms with Crippen LogP contribution in [-0.2, 0) is 10.1 Å². The van der Waals surface area contributed by atoms with E-state index in [1.807, 2.05) is 54.6 Å². The molecule has 0 bridgehead atoms. The molecule has 0 aromatic heterocycles. The minimum Gasteiger partial charge on any atom is -0.497 e. The van der Waals surface area contributed by atoms with E-state index in [1.54, 1.807) is 37.6 Å². The third-order valence-electron chi connectivity index (χ3n) is 4.58. The molecule has 0 radical (unpaired) electrons. The molecular weight excluding hydrogens is 398 g/mol. The molecule has 0 N–H and O–H groups in total. The van der Waals surface area contributed by atoms with E-state index in [-0.39, 0.29) is 10.6 Å². The predicted octanol–water partition coefficient (Wildman–Crippen LogP) is 5.37. The molecule has 0 saturated heterocycles. The van der Waals surface area contributed by atoms with E-state index >= 15 is 0 Å². The first-order chi connectivity index (χ1) is 14.6. The maximum Gasteiger partial charge on any atom is 0.339 e. The molecular formula is C24H19NO4S. The lowest BCUT2D eigenvalue weighted by atomic mass is 10.0. The number of methoxy groups -OCH3 is 1. The third kappa shape index (κ3) is 4.18. The Bertz CT molecular complexity index is 1300. The minimum absolute atomic E-state index is 0.0937. The first-order valence-electron chi connectivity index (χ1n) is 9.26. The van der Waals surface area contributed by atoms with E-state index in [2.05, 4.69) is 4.99 Å². The summed E-state index contributed by atoms with van der Waals surface area (Å²) in [6.07, 6.45) is 1.62. The lowest BCUT2D eigenvalue weighted by Gasteiger charge is -2.12. The van der Waals surface area contributed by atoms with Gasteiger partial charge in [0.15, 0.2) is 5.75 Å². The Morgan fingerprint density at radius 2 is 1.50 bits per heavy atom. The summed E-state index contributed by atoms with van der Waals surface area (Å²) in [5.41, 5.74) is 1.30. The Morgan fingerprint density at radius 1 is 0.800 bits per heavy atom. The van der Waals surface area contributed by atoms with Gasteiger partial charge in [0, 0.05) is 11.8 Å². The maximum atomic E-state index is 12.8. The van der Waals surface area contributed by atoms with Crippen LogP contribution in [-0.4, -0.2) is 21.7 Å². The van der Waals surface area contributed by atoms with Gasteiger partial charge in [-0.25, -0.2) is 0 Å². The van der Waals surface area contributed by atoms with Crippen molar-refractivity contribution in [2.24, 2.45) is 4.99 Å². The van der Waals surface area contributed by atoms with Gasteiger partial charge in [-0.05, 0) is 53.2 Å². The largest absolute Gasteiger partial charge is 0.497 e. The molecule has 0 aliphatic heterocycles. The van der Waals surface area contributed by atoms with Gasteiger partial charge in [-0.15, -0.1) is 0 Å². The SMILES string of the molecule is COc1ccc(N=Cc2c(OS(=O)(=O)c3ccccc3)ccc3ccccc23)cc1. The van der Waals surface area contributed by atoms with Crippen molar-refractivity contribution < 1.29 is 17.3 Å². The second-order valence-corrected chi connectivity index (χ2v) is 8.05. The van der Waals surface area contributed by atoms with Gasteiger partial charge in [-0.3, -0.25) is 4.99 Å². The van der Waals surface area contributed by atoms with Gasteiger partial charge in [-0.2, -0.15) is 8.42 Å². The van der Waals surface area contributed by atoms with Crippen LogP contribution < -0.4 is 8.92 Å². The van der Waals surface area contributed by atoms with E-state index in [1.165, 1.54) is 12.1 Å². The van der Waals surface area contributed by atoms with Crippen molar-refractivity contribution in [2.45, 2.75) is 4.90 Å².